The Kier molecular flexibility index (Phi) is 6.10. The van der Waals surface area contributed by atoms with Gasteiger partial charge in [0.15, 0.2) is 11.5 Å². The van der Waals surface area contributed by atoms with Crippen LogP contribution in [0.15, 0.2) is 40.9 Å². The predicted molar refractivity (Wildman–Crippen MR) is 90.8 cm³/mol. The Hall–Kier alpha value is -1.72. The number of benzene rings is 2. The van der Waals surface area contributed by atoms with Crippen molar-refractivity contribution in [2.45, 2.75) is 13.1 Å². The molecule has 118 valence electrons. The molecule has 0 aliphatic carbocycles. The third-order valence-corrected chi connectivity index (χ3v) is 3.83. The first-order chi connectivity index (χ1) is 10.7. The molecule has 0 aromatic heterocycles. The molecule has 0 atom stereocenters. The summed E-state index contributed by atoms with van der Waals surface area (Å²) in [7, 11) is 4.96. The van der Waals surface area contributed by atoms with Crippen LogP contribution in [0.5, 0.6) is 17.2 Å². The highest BCUT2D eigenvalue weighted by atomic mass is 79.9. The molecule has 2 rings (SSSR count). The number of hydrogen-bond acceptors (Lipinski definition) is 4. The molecule has 0 spiro atoms. The topological polar surface area (TPSA) is 39.7 Å². The zero-order valence-corrected chi connectivity index (χ0v) is 14.6. The molecule has 0 aliphatic rings. The van der Waals surface area contributed by atoms with E-state index in [1.54, 1.807) is 21.3 Å². The maximum Gasteiger partial charge on any atom is 0.161 e. The minimum atomic E-state index is 0.719. The quantitative estimate of drug-likeness (QED) is 0.810. The summed E-state index contributed by atoms with van der Waals surface area (Å²) in [6.07, 6.45) is 0. The minimum Gasteiger partial charge on any atom is -0.496 e. The van der Waals surface area contributed by atoms with Crippen molar-refractivity contribution >= 4 is 15.9 Å². The fourth-order valence-electron chi connectivity index (χ4n) is 2.22. The van der Waals surface area contributed by atoms with E-state index in [0.717, 1.165) is 45.9 Å². The number of halogens is 1. The summed E-state index contributed by atoms with van der Waals surface area (Å²) < 4.78 is 17.0. The highest BCUT2D eigenvalue weighted by molar-refractivity contribution is 9.10. The van der Waals surface area contributed by atoms with Crippen molar-refractivity contribution in [1.82, 2.24) is 5.32 Å². The zero-order chi connectivity index (χ0) is 15.9. The van der Waals surface area contributed by atoms with Crippen molar-refractivity contribution in [3.8, 4) is 17.2 Å². The van der Waals surface area contributed by atoms with Gasteiger partial charge < -0.3 is 19.5 Å². The second-order valence-corrected chi connectivity index (χ2v) is 5.66. The Labute approximate surface area is 139 Å². The van der Waals surface area contributed by atoms with Crippen LogP contribution < -0.4 is 19.5 Å². The highest BCUT2D eigenvalue weighted by Gasteiger charge is 2.06. The van der Waals surface area contributed by atoms with Crippen molar-refractivity contribution in [3.63, 3.8) is 0 Å². The van der Waals surface area contributed by atoms with Gasteiger partial charge in [0.05, 0.1) is 21.3 Å². The zero-order valence-electron chi connectivity index (χ0n) is 13.0. The lowest BCUT2D eigenvalue weighted by molar-refractivity contribution is 0.354. The number of rotatable bonds is 7. The van der Waals surface area contributed by atoms with E-state index in [0.29, 0.717) is 0 Å². The van der Waals surface area contributed by atoms with E-state index in [-0.39, 0.29) is 0 Å². The van der Waals surface area contributed by atoms with Crippen LogP contribution in [-0.2, 0) is 13.1 Å². The standard InChI is InChI=1S/C17H20BrNO3/c1-20-15-7-5-14(18)9-13(15)11-19-10-12-4-6-16(21-2)17(8-12)22-3/h4-9,19H,10-11H2,1-3H3. The van der Waals surface area contributed by atoms with Gasteiger partial charge in [0.1, 0.15) is 5.75 Å². The molecule has 2 aromatic rings. The molecule has 2 aromatic carbocycles. The molecule has 4 nitrogen and oxygen atoms in total. The van der Waals surface area contributed by atoms with Gasteiger partial charge in [-0.3, -0.25) is 0 Å². The molecule has 0 bridgehead atoms. The van der Waals surface area contributed by atoms with Crippen LogP contribution >= 0.6 is 15.9 Å². The lowest BCUT2D eigenvalue weighted by Gasteiger charge is -2.12. The lowest BCUT2D eigenvalue weighted by atomic mass is 10.1. The van der Waals surface area contributed by atoms with E-state index in [9.17, 15) is 0 Å². The smallest absolute Gasteiger partial charge is 0.161 e. The fourth-order valence-corrected chi connectivity index (χ4v) is 2.63. The Bertz CT molecular complexity index is 631. The summed E-state index contributed by atoms with van der Waals surface area (Å²) in [5.74, 6) is 2.35. The molecular weight excluding hydrogens is 346 g/mol. The largest absolute Gasteiger partial charge is 0.496 e. The minimum absolute atomic E-state index is 0.719. The van der Waals surface area contributed by atoms with Gasteiger partial charge in [-0.15, -0.1) is 0 Å². The van der Waals surface area contributed by atoms with E-state index < -0.39 is 0 Å². The Balaban J connectivity index is 2.01. The van der Waals surface area contributed by atoms with Gasteiger partial charge >= 0.3 is 0 Å². The van der Waals surface area contributed by atoms with Gasteiger partial charge in [-0.1, -0.05) is 22.0 Å². The first-order valence-corrected chi connectivity index (χ1v) is 7.71. The average molecular weight is 366 g/mol. The van der Waals surface area contributed by atoms with Crippen molar-refractivity contribution in [2.24, 2.45) is 0 Å². The number of nitrogens with one attached hydrogen (secondary N) is 1. The van der Waals surface area contributed by atoms with Gasteiger partial charge in [-0.05, 0) is 35.9 Å². The second-order valence-electron chi connectivity index (χ2n) is 4.75. The van der Waals surface area contributed by atoms with Gasteiger partial charge in [-0.2, -0.15) is 0 Å². The maximum absolute atomic E-state index is 5.37. The van der Waals surface area contributed by atoms with Crippen molar-refractivity contribution in [2.75, 3.05) is 21.3 Å². The van der Waals surface area contributed by atoms with Crippen molar-refractivity contribution in [3.05, 3.63) is 52.0 Å². The Morgan fingerprint density at radius 1 is 0.818 bits per heavy atom. The van der Waals surface area contributed by atoms with Gasteiger partial charge in [0.2, 0.25) is 0 Å². The maximum atomic E-state index is 5.37. The van der Waals surface area contributed by atoms with Crippen LogP contribution in [0.2, 0.25) is 0 Å². The first kappa shape index (κ1) is 16.6. The molecular formula is C17H20BrNO3. The Morgan fingerprint density at radius 2 is 1.50 bits per heavy atom. The van der Waals surface area contributed by atoms with Crippen LogP contribution in [0.25, 0.3) is 0 Å². The highest BCUT2D eigenvalue weighted by Crippen LogP contribution is 2.27. The lowest BCUT2D eigenvalue weighted by Crippen LogP contribution is -2.13. The van der Waals surface area contributed by atoms with Gasteiger partial charge in [-0.25, -0.2) is 0 Å². The van der Waals surface area contributed by atoms with Crippen LogP contribution in [0.4, 0.5) is 0 Å². The molecule has 0 heterocycles. The van der Waals surface area contributed by atoms with E-state index in [2.05, 4.69) is 27.3 Å². The van der Waals surface area contributed by atoms with Crippen LogP contribution in [0.1, 0.15) is 11.1 Å². The molecule has 0 aliphatic heterocycles. The summed E-state index contributed by atoms with van der Waals surface area (Å²) in [5, 5.41) is 3.41. The molecule has 1 N–H and O–H groups in total. The number of ether oxygens (including phenoxy) is 3. The SMILES string of the molecule is COc1ccc(Br)cc1CNCc1ccc(OC)c(OC)c1. The van der Waals surface area contributed by atoms with Crippen LogP contribution in [-0.4, -0.2) is 21.3 Å². The molecule has 0 saturated carbocycles. The molecule has 22 heavy (non-hydrogen) atoms. The summed E-state index contributed by atoms with van der Waals surface area (Å²) in [5.41, 5.74) is 2.24. The number of hydrogen-bond donors (Lipinski definition) is 1. The number of methoxy groups -OCH3 is 3. The van der Waals surface area contributed by atoms with Gasteiger partial charge in [0, 0.05) is 23.1 Å². The van der Waals surface area contributed by atoms with Crippen molar-refractivity contribution < 1.29 is 14.2 Å². The van der Waals surface area contributed by atoms with Crippen molar-refractivity contribution in [1.29, 1.82) is 0 Å². The second kappa shape index (κ2) is 8.06. The molecule has 0 unspecified atom stereocenters. The molecule has 0 fully saturated rings. The van der Waals surface area contributed by atoms with E-state index in [1.807, 2.05) is 30.3 Å². The van der Waals surface area contributed by atoms with E-state index in [4.69, 9.17) is 14.2 Å². The molecule has 0 saturated heterocycles. The average Bonchev–Trinajstić information content (AvgIpc) is 2.55. The molecule has 5 heteroatoms. The summed E-state index contributed by atoms with van der Waals surface area (Å²) >= 11 is 3.48. The summed E-state index contributed by atoms with van der Waals surface area (Å²) in [4.78, 5) is 0. The van der Waals surface area contributed by atoms with E-state index >= 15 is 0 Å². The summed E-state index contributed by atoms with van der Waals surface area (Å²) in [6.45, 7) is 1.45. The normalized spacial score (nSPS) is 10.4. The van der Waals surface area contributed by atoms with Gasteiger partial charge in [0.25, 0.3) is 0 Å². The van der Waals surface area contributed by atoms with Crippen LogP contribution in [0.3, 0.4) is 0 Å². The van der Waals surface area contributed by atoms with Crippen LogP contribution in [0, 0.1) is 0 Å². The van der Waals surface area contributed by atoms with E-state index in [1.165, 1.54) is 0 Å². The first-order valence-electron chi connectivity index (χ1n) is 6.92. The third kappa shape index (κ3) is 4.15. The predicted octanol–water partition coefficient (Wildman–Crippen LogP) is 3.76. The fraction of sp³-hybridized carbons (Fsp3) is 0.294. The Morgan fingerprint density at radius 3 is 2.18 bits per heavy atom. The monoisotopic (exact) mass is 365 g/mol. The summed E-state index contributed by atoms with van der Waals surface area (Å²) in [6, 6.07) is 11.9. The third-order valence-electron chi connectivity index (χ3n) is 3.33. The molecule has 0 radical (unpaired) electrons. The molecule has 0 amide bonds.